The lowest BCUT2D eigenvalue weighted by molar-refractivity contribution is -0.402. The molecular formula is C13H13N3O4. The van der Waals surface area contributed by atoms with E-state index in [9.17, 15) is 14.9 Å². The zero-order chi connectivity index (χ0) is 14.5. The minimum atomic E-state index is -0.671. The van der Waals surface area contributed by atoms with E-state index in [2.05, 4.69) is 4.98 Å². The summed E-state index contributed by atoms with van der Waals surface area (Å²) in [6.45, 7) is 2.69. The Morgan fingerprint density at radius 1 is 1.35 bits per heavy atom. The third-order valence-corrected chi connectivity index (χ3v) is 2.77. The van der Waals surface area contributed by atoms with Gasteiger partial charge in [0.25, 0.3) is 5.91 Å². The number of aromatic nitrogens is 1. The van der Waals surface area contributed by atoms with E-state index in [1.54, 1.807) is 24.5 Å². The number of nitrogens with zero attached hydrogens (tertiary/aromatic N) is 3. The van der Waals surface area contributed by atoms with E-state index >= 15 is 0 Å². The molecule has 0 N–H and O–H groups in total. The second kappa shape index (κ2) is 5.96. The van der Waals surface area contributed by atoms with Crippen LogP contribution in [-0.4, -0.2) is 27.3 Å². The van der Waals surface area contributed by atoms with Crippen molar-refractivity contribution in [1.29, 1.82) is 0 Å². The van der Waals surface area contributed by atoms with Crippen LogP contribution in [0.3, 0.4) is 0 Å². The first-order valence-electron chi connectivity index (χ1n) is 6.04. The van der Waals surface area contributed by atoms with Crippen LogP contribution in [-0.2, 0) is 6.54 Å². The van der Waals surface area contributed by atoms with Gasteiger partial charge in [-0.1, -0.05) is 0 Å². The van der Waals surface area contributed by atoms with Crippen LogP contribution in [0.1, 0.15) is 23.0 Å². The van der Waals surface area contributed by atoms with Crippen molar-refractivity contribution < 1.29 is 14.1 Å². The van der Waals surface area contributed by atoms with Gasteiger partial charge in [0.15, 0.2) is 5.76 Å². The highest BCUT2D eigenvalue weighted by atomic mass is 16.6. The fourth-order valence-electron chi connectivity index (χ4n) is 1.73. The predicted octanol–water partition coefficient (Wildman–Crippen LogP) is 2.25. The molecule has 20 heavy (non-hydrogen) atoms. The van der Waals surface area contributed by atoms with Gasteiger partial charge in [0.05, 0.1) is 6.07 Å². The molecule has 0 saturated heterocycles. The van der Waals surface area contributed by atoms with Gasteiger partial charge in [0.2, 0.25) is 0 Å². The molecule has 2 aromatic rings. The number of carbonyl (C=O) groups excluding carboxylic acids is 1. The molecule has 2 aromatic heterocycles. The van der Waals surface area contributed by atoms with Gasteiger partial charge in [-0.3, -0.25) is 19.9 Å². The SMILES string of the molecule is CCN(Cc1ccncc1)C(=O)c1ccc([N+](=O)[O-])o1. The molecule has 2 rings (SSSR count). The van der Waals surface area contributed by atoms with Crippen LogP contribution in [0.15, 0.2) is 41.1 Å². The normalized spacial score (nSPS) is 10.2. The van der Waals surface area contributed by atoms with Crippen LogP contribution in [0, 0.1) is 10.1 Å². The third kappa shape index (κ3) is 3.00. The first-order chi connectivity index (χ1) is 9.61. The molecule has 0 spiro atoms. The summed E-state index contributed by atoms with van der Waals surface area (Å²) in [6, 6.07) is 6.10. The van der Waals surface area contributed by atoms with Crippen molar-refractivity contribution in [2.75, 3.05) is 6.54 Å². The number of rotatable bonds is 5. The van der Waals surface area contributed by atoms with Gasteiger partial charge in [0, 0.05) is 25.5 Å². The fraction of sp³-hybridized carbons (Fsp3) is 0.231. The second-order valence-electron chi connectivity index (χ2n) is 4.07. The molecule has 1 amide bonds. The Hall–Kier alpha value is -2.70. The predicted molar refractivity (Wildman–Crippen MR) is 70.0 cm³/mol. The molecule has 0 radical (unpaired) electrons. The Kier molecular flexibility index (Phi) is 4.09. The topological polar surface area (TPSA) is 89.5 Å². The van der Waals surface area contributed by atoms with E-state index in [0.717, 1.165) is 5.56 Å². The average Bonchev–Trinajstić information content (AvgIpc) is 2.95. The van der Waals surface area contributed by atoms with Crippen LogP contribution < -0.4 is 0 Å². The highest BCUT2D eigenvalue weighted by Crippen LogP contribution is 2.18. The van der Waals surface area contributed by atoms with Crippen molar-refractivity contribution in [3.8, 4) is 0 Å². The number of hydrogen-bond donors (Lipinski definition) is 0. The van der Waals surface area contributed by atoms with Crippen LogP contribution in [0.4, 0.5) is 5.88 Å². The minimum Gasteiger partial charge on any atom is -0.395 e. The number of amides is 1. The van der Waals surface area contributed by atoms with Crippen molar-refractivity contribution in [1.82, 2.24) is 9.88 Å². The molecule has 104 valence electrons. The molecule has 0 saturated carbocycles. The number of furan rings is 1. The van der Waals surface area contributed by atoms with E-state index in [-0.39, 0.29) is 11.7 Å². The van der Waals surface area contributed by atoms with E-state index in [1.807, 2.05) is 6.92 Å². The maximum absolute atomic E-state index is 12.2. The maximum Gasteiger partial charge on any atom is 0.433 e. The standard InChI is InChI=1S/C13H13N3O4/c1-2-15(9-10-5-7-14-8-6-10)13(17)11-3-4-12(20-11)16(18)19/h3-8H,2,9H2,1H3. The van der Waals surface area contributed by atoms with E-state index in [4.69, 9.17) is 4.42 Å². The number of pyridine rings is 1. The number of hydrogen-bond acceptors (Lipinski definition) is 5. The number of carbonyl (C=O) groups is 1. The summed E-state index contributed by atoms with van der Waals surface area (Å²) >= 11 is 0. The first-order valence-corrected chi connectivity index (χ1v) is 6.04. The van der Waals surface area contributed by atoms with Crippen molar-refractivity contribution in [2.45, 2.75) is 13.5 Å². The molecule has 7 heteroatoms. The summed E-state index contributed by atoms with van der Waals surface area (Å²) in [5.41, 5.74) is 0.927. The van der Waals surface area contributed by atoms with Crippen molar-refractivity contribution in [3.63, 3.8) is 0 Å². The van der Waals surface area contributed by atoms with Gasteiger partial charge < -0.3 is 9.32 Å². The van der Waals surface area contributed by atoms with E-state index < -0.39 is 10.8 Å². The zero-order valence-electron chi connectivity index (χ0n) is 10.9. The summed E-state index contributed by atoms with van der Waals surface area (Å²) in [6.07, 6.45) is 3.29. The molecule has 0 aliphatic carbocycles. The summed E-state index contributed by atoms with van der Waals surface area (Å²) in [4.78, 5) is 27.5. The third-order valence-electron chi connectivity index (χ3n) is 2.77. The average molecular weight is 275 g/mol. The van der Waals surface area contributed by atoms with E-state index in [1.165, 1.54) is 17.0 Å². The van der Waals surface area contributed by atoms with Gasteiger partial charge in [-0.25, -0.2) is 0 Å². The summed E-state index contributed by atoms with van der Waals surface area (Å²) in [5.74, 6) is -0.849. The van der Waals surface area contributed by atoms with Crippen LogP contribution in [0.2, 0.25) is 0 Å². The Labute approximate surface area is 115 Å². The van der Waals surface area contributed by atoms with Gasteiger partial charge in [-0.15, -0.1) is 0 Å². The van der Waals surface area contributed by atoms with Crippen molar-refractivity contribution in [3.05, 3.63) is 58.1 Å². The fourth-order valence-corrected chi connectivity index (χ4v) is 1.73. The highest BCUT2D eigenvalue weighted by Gasteiger charge is 2.21. The van der Waals surface area contributed by atoms with E-state index in [0.29, 0.717) is 13.1 Å². The number of nitro groups is 1. The molecular weight excluding hydrogens is 262 g/mol. The Morgan fingerprint density at radius 2 is 2.05 bits per heavy atom. The molecule has 0 unspecified atom stereocenters. The monoisotopic (exact) mass is 275 g/mol. The second-order valence-corrected chi connectivity index (χ2v) is 4.07. The summed E-state index contributed by atoms with van der Waals surface area (Å²) in [7, 11) is 0. The molecule has 0 atom stereocenters. The summed E-state index contributed by atoms with van der Waals surface area (Å²) in [5, 5.41) is 10.5. The van der Waals surface area contributed by atoms with Crippen LogP contribution >= 0.6 is 0 Å². The van der Waals surface area contributed by atoms with Crippen LogP contribution in [0.25, 0.3) is 0 Å². The van der Waals surface area contributed by atoms with Gasteiger partial charge >= 0.3 is 5.88 Å². The lowest BCUT2D eigenvalue weighted by Crippen LogP contribution is -2.30. The molecule has 0 aromatic carbocycles. The molecule has 2 heterocycles. The molecule has 7 nitrogen and oxygen atoms in total. The van der Waals surface area contributed by atoms with Gasteiger partial charge in [-0.2, -0.15) is 0 Å². The highest BCUT2D eigenvalue weighted by molar-refractivity contribution is 5.91. The summed E-state index contributed by atoms with van der Waals surface area (Å²) < 4.78 is 4.92. The Morgan fingerprint density at radius 3 is 2.60 bits per heavy atom. The van der Waals surface area contributed by atoms with Gasteiger partial charge in [-0.05, 0) is 30.7 Å². The van der Waals surface area contributed by atoms with Gasteiger partial charge in [0.1, 0.15) is 4.92 Å². The van der Waals surface area contributed by atoms with Crippen molar-refractivity contribution in [2.24, 2.45) is 0 Å². The Balaban J connectivity index is 2.14. The first kappa shape index (κ1) is 13.7. The molecule has 0 aliphatic heterocycles. The quantitative estimate of drug-likeness (QED) is 0.616. The molecule has 0 aliphatic rings. The zero-order valence-corrected chi connectivity index (χ0v) is 10.9. The Bertz CT molecular complexity index is 609. The molecule has 0 fully saturated rings. The largest absolute Gasteiger partial charge is 0.433 e. The van der Waals surface area contributed by atoms with Crippen LogP contribution in [0.5, 0.6) is 0 Å². The van der Waals surface area contributed by atoms with Crippen molar-refractivity contribution >= 4 is 11.8 Å². The molecule has 0 bridgehead atoms. The minimum absolute atomic E-state index is 0.0346. The smallest absolute Gasteiger partial charge is 0.395 e. The maximum atomic E-state index is 12.2. The lowest BCUT2D eigenvalue weighted by atomic mass is 10.2. The lowest BCUT2D eigenvalue weighted by Gasteiger charge is -2.19.